The van der Waals surface area contributed by atoms with Crippen LogP contribution < -0.4 is 0 Å². The van der Waals surface area contributed by atoms with Gasteiger partial charge in [-0.1, -0.05) is 27.5 Å². The van der Waals surface area contributed by atoms with E-state index >= 15 is 0 Å². The van der Waals surface area contributed by atoms with Gasteiger partial charge in [0.15, 0.2) is 0 Å². The molecule has 0 aliphatic carbocycles. The highest BCUT2D eigenvalue weighted by Gasteiger charge is 2.11. The first-order valence-electron chi connectivity index (χ1n) is 5.91. The van der Waals surface area contributed by atoms with Gasteiger partial charge < -0.3 is 4.57 Å². The third kappa shape index (κ3) is 2.20. The van der Waals surface area contributed by atoms with Crippen LogP contribution in [0.2, 0.25) is 5.02 Å². The lowest BCUT2D eigenvalue weighted by molar-refractivity contribution is 0.959. The summed E-state index contributed by atoms with van der Waals surface area (Å²) in [6, 6.07) is 13.3. The Morgan fingerprint density at radius 1 is 1.25 bits per heavy atom. The van der Waals surface area contributed by atoms with E-state index in [1.165, 1.54) is 0 Å². The van der Waals surface area contributed by atoms with Crippen molar-refractivity contribution in [2.75, 3.05) is 0 Å². The zero-order chi connectivity index (χ0) is 14.3. The van der Waals surface area contributed by atoms with Gasteiger partial charge in [0.2, 0.25) is 0 Å². The number of rotatable bonds is 1. The Kier molecular flexibility index (Phi) is 3.25. The van der Waals surface area contributed by atoms with Gasteiger partial charge >= 0.3 is 0 Å². The average Bonchev–Trinajstić information content (AvgIpc) is 2.74. The molecule has 0 amide bonds. The summed E-state index contributed by atoms with van der Waals surface area (Å²) >= 11 is 9.53. The molecular weight excluding hydrogens is 338 g/mol. The van der Waals surface area contributed by atoms with Crippen LogP contribution in [0.25, 0.3) is 22.4 Å². The Morgan fingerprint density at radius 2 is 2.05 bits per heavy atom. The quantitative estimate of drug-likeness (QED) is 0.649. The molecule has 0 aliphatic rings. The van der Waals surface area contributed by atoms with Crippen LogP contribution in [-0.2, 0) is 7.05 Å². The zero-order valence-corrected chi connectivity index (χ0v) is 12.9. The maximum atomic E-state index is 8.95. The molecule has 0 fully saturated rings. The number of nitrogens with zero attached hydrogens (tertiary/aromatic N) is 3. The van der Waals surface area contributed by atoms with Gasteiger partial charge in [-0.3, -0.25) is 0 Å². The Bertz CT molecular complexity index is 841. The van der Waals surface area contributed by atoms with Gasteiger partial charge in [0.25, 0.3) is 0 Å². The Balaban J connectivity index is 2.26. The van der Waals surface area contributed by atoms with E-state index in [4.69, 9.17) is 16.9 Å². The van der Waals surface area contributed by atoms with Gasteiger partial charge in [0.05, 0.1) is 22.7 Å². The molecule has 1 heterocycles. The second-order valence-corrected chi connectivity index (χ2v) is 5.82. The van der Waals surface area contributed by atoms with E-state index in [2.05, 4.69) is 27.0 Å². The van der Waals surface area contributed by atoms with E-state index in [9.17, 15) is 0 Å². The fourth-order valence-electron chi connectivity index (χ4n) is 2.21. The minimum atomic E-state index is 0.606. The summed E-state index contributed by atoms with van der Waals surface area (Å²) in [6.07, 6.45) is 0. The molecule has 3 aromatic rings. The Labute approximate surface area is 129 Å². The van der Waals surface area contributed by atoms with Crippen LogP contribution in [0, 0.1) is 11.3 Å². The summed E-state index contributed by atoms with van der Waals surface area (Å²) in [5, 5.41) is 9.61. The van der Waals surface area contributed by atoms with Crippen LogP contribution in [0.15, 0.2) is 40.9 Å². The van der Waals surface area contributed by atoms with Crippen molar-refractivity contribution in [1.82, 2.24) is 9.55 Å². The van der Waals surface area contributed by atoms with Gasteiger partial charge in [-0.2, -0.15) is 5.26 Å². The first-order chi connectivity index (χ1) is 9.58. The summed E-state index contributed by atoms with van der Waals surface area (Å²) in [5.74, 6) is 0.818. The minimum absolute atomic E-state index is 0.606. The van der Waals surface area contributed by atoms with E-state index < -0.39 is 0 Å². The molecule has 0 saturated carbocycles. The first kappa shape index (κ1) is 13.2. The molecule has 2 aromatic carbocycles. The summed E-state index contributed by atoms with van der Waals surface area (Å²) < 4.78 is 2.90. The highest BCUT2D eigenvalue weighted by molar-refractivity contribution is 9.10. The van der Waals surface area contributed by atoms with Crippen molar-refractivity contribution in [3.8, 4) is 17.5 Å². The molecule has 0 radical (unpaired) electrons. The fourth-order valence-corrected chi connectivity index (χ4v) is 3.07. The van der Waals surface area contributed by atoms with Crippen LogP contribution >= 0.6 is 27.5 Å². The van der Waals surface area contributed by atoms with E-state index in [1.54, 1.807) is 12.1 Å². The standard InChI is InChI=1S/C15H9BrClN3/c1-20-14-3-2-9(8-18)4-13(14)19-15(20)10-5-11(16)7-12(17)6-10/h2-7H,1H3. The lowest BCUT2D eigenvalue weighted by Gasteiger charge is -2.04. The van der Waals surface area contributed by atoms with Crippen molar-refractivity contribution >= 4 is 38.6 Å². The van der Waals surface area contributed by atoms with Crippen molar-refractivity contribution in [1.29, 1.82) is 5.26 Å². The molecule has 0 bridgehead atoms. The number of imidazole rings is 1. The van der Waals surface area contributed by atoms with E-state index in [0.29, 0.717) is 10.6 Å². The minimum Gasteiger partial charge on any atom is -0.327 e. The monoisotopic (exact) mass is 345 g/mol. The highest BCUT2D eigenvalue weighted by atomic mass is 79.9. The second-order valence-electron chi connectivity index (χ2n) is 4.47. The highest BCUT2D eigenvalue weighted by Crippen LogP contribution is 2.29. The Hall–Kier alpha value is -1.83. The predicted molar refractivity (Wildman–Crippen MR) is 83.6 cm³/mol. The number of fused-ring (bicyclic) bond motifs is 1. The number of benzene rings is 2. The average molecular weight is 347 g/mol. The van der Waals surface area contributed by atoms with Crippen LogP contribution in [-0.4, -0.2) is 9.55 Å². The molecule has 0 N–H and O–H groups in total. The summed E-state index contributed by atoms with van der Waals surface area (Å²) in [7, 11) is 1.95. The third-order valence-corrected chi connectivity index (χ3v) is 3.81. The molecule has 5 heteroatoms. The normalized spacial score (nSPS) is 10.7. The van der Waals surface area contributed by atoms with Gasteiger partial charge in [-0.05, 0) is 36.4 Å². The van der Waals surface area contributed by atoms with Crippen LogP contribution in [0.3, 0.4) is 0 Å². The Morgan fingerprint density at radius 3 is 2.75 bits per heavy atom. The molecule has 0 spiro atoms. The van der Waals surface area contributed by atoms with Gasteiger partial charge in [0, 0.05) is 22.1 Å². The number of hydrogen-bond donors (Lipinski definition) is 0. The number of aromatic nitrogens is 2. The first-order valence-corrected chi connectivity index (χ1v) is 7.08. The molecule has 20 heavy (non-hydrogen) atoms. The fraction of sp³-hybridized carbons (Fsp3) is 0.0667. The predicted octanol–water partition coefficient (Wildman–Crippen LogP) is 4.53. The zero-order valence-electron chi connectivity index (χ0n) is 10.6. The summed E-state index contributed by atoms with van der Waals surface area (Å²) in [6.45, 7) is 0. The van der Waals surface area contributed by atoms with Crippen molar-refractivity contribution in [2.24, 2.45) is 7.05 Å². The summed E-state index contributed by atoms with van der Waals surface area (Å²) in [5.41, 5.74) is 3.32. The molecule has 98 valence electrons. The van der Waals surface area contributed by atoms with Crippen molar-refractivity contribution in [3.05, 3.63) is 51.5 Å². The maximum absolute atomic E-state index is 8.95. The van der Waals surface area contributed by atoms with Crippen LogP contribution in [0.4, 0.5) is 0 Å². The number of nitriles is 1. The summed E-state index contributed by atoms with van der Waals surface area (Å²) in [4.78, 5) is 4.61. The molecule has 3 nitrogen and oxygen atoms in total. The van der Waals surface area contributed by atoms with Crippen LogP contribution in [0.5, 0.6) is 0 Å². The topological polar surface area (TPSA) is 41.6 Å². The molecule has 0 saturated heterocycles. The molecule has 0 atom stereocenters. The molecule has 0 aliphatic heterocycles. The van der Waals surface area contributed by atoms with Crippen molar-refractivity contribution < 1.29 is 0 Å². The maximum Gasteiger partial charge on any atom is 0.140 e. The second kappa shape index (κ2) is 4.93. The SMILES string of the molecule is Cn1c(-c2cc(Cl)cc(Br)c2)nc2cc(C#N)ccc21. The number of aryl methyl sites for hydroxylation is 1. The van der Waals surface area contributed by atoms with E-state index in [0.717, 1.165) is 26.9 Å². The van der Waals surface area contributed by atoms with E-state index in [1.807, 2.05) is 35.9 Å². The number of halogens is 2. The molecule has 0 unspecified atom stereocenters. The van der Waals surface area contributed by atoms with E-state index in [-0.39, 0.29) is 0 Å². The number of hydrogen-bond acceptors (Lipinski definition) is 2. The van der Waals surface area contributed by atoms with Gasteiger partial charge in [0.1, 0.15) is 5.82 Å². The van der Waals surface area contributed by atoms with Gasteiger partial charge in [-0.25, -0.2) is 4.98 Å². The largest absolute Gasteiger partial charge is 0.327 e. The lowest BCUT2D eigenvalue weighted by atomic mass is 10.2. The molecular formula is C15H9BrClN3. The smallest absolute Gasteiger partial charge is 0.140 e. The van der Waals surface area contributed by atoms with Crippen molar-refractivity contribution in [2.45, 2.75) is 0 Å². The van der Waals surface area contributed by atoms with Crippen LogP contribution in [0.1, 0.15) is 5.56 Å². The molecule has 1 aromatic heterocycles. The van der Waals surface area contributed by atoms with Crippen molar-refractivity contribution in [3.63, 3.8) is 0 Å². The lowest BCUT2D eigenvalue weighted by Crippen LogP contribution is -1.92. The van der Waals surface area contributed by atoms with Gasteiger partial charge in [-0.15, -0.1) is 0 Å². The third-order valence-electron chi connectivity index (χ3n) is 3.13. The molecule has 3 rings (SSSR count).